The van der Waals surface area contributed by atoms with Crippen LogP contribution in [0.2, 0.25) is 0 Å². The van der Waals surface area contributed by atoms with Crippen molar-refractivity contribution >= 4 is 7.60 Å². The average molecular weight is 419 g/mol. The Kier molecular flexibility index (Phi) is 14.3. The Labute approximate surface area is 173 Å². The molecule has 0 aliphatic rings. The van der Waals surface area contributed by atoms with Crippen molar-refractivity contribution < 1.29 is 23.9 Å². The van der Waals surface area contributed by atoms with Crippen LogP contribution in [-0.2, 0) is 4.57 Å². The number of hydrogen-bond acceptors (Lipinski definition) is 2. The van der Waals surface area contributed by atoms with Crippen molar-refractivity contribution in [2.45, 2.75) is 89.3 Å². The predicted octanol–water partition coefficient (Wildman–Crippen LogP) is 5.37. The van der Waals surface area contributed by atoms with Crippen LogP contribution in [0.1, 0.15) is 84.0 Å². The fourth-order valence-corrected chi connectivity index (χ4v) is 4.39. The molecule has 3 N–H and O–H groups in total. The Bertz CT molecular complexity index is 493. The van der Waals surface area contributed by atoms with Crippen LogP contribution in [0.4, 0.5) is 0 Å². The molecule has 1 unspecified atom stereocenters. The van der Waals surface area contributed by atoms with Crippen molar-refractivity contribution in [3.63, 3.8) is 0 Å². The lowest BCUT2D eigenvalue weighted by atomic mass is 10.1. The molecule has 0 aromatic carbocycles. The zero-order valence-corrected chi connectivity index (χ0v) is 19.5. The van der Waals surface area contributed by atoms with Crippen molar-refractivity contribution in [2.24, 2.45) is 0 Å². The number of hydrogen-bond donors (Lipinski definition) is 3. The molecule has 28 heavy (non-hydrogen) atoms. The summed E-state index contributed by atoms with van der Waals surface area (Å²) in [6, 6.07) is 0. The minimum atomic E-state index is -4.56. The number of unbranched alkanes of at least 4 members (excludes halogenated alkanes) is 8. The lowest BCUT2D eigenvalue weighted by Gasteiger charge is -2.35. The van der Waals surface area contributed by atoms with Gasteiger partial charge in [0.15, 0.2) is 0 Å². The van der Waals surface area contributed by atoms with E-state index in [1.54, 1.807) is 0 Å². The molecule has 0 amide bonds. The molecule has 0 heterocycles. The van der Waals surface area contributed by atoms with Gasteiger partial charge in [-0.15, -0.1) is 0 Å². The Morgan fingerprint density at radius 2 is 1.21 bits per heavy atom. The Morgan fingerprint density at radius 1 is 0.786 bits per heavy atom. The summed E-state index contributed by atoms with van der Waals surface area (Å²) in [7, 11) is 0.910. The van der Waals surface area contributed by atoms with E-state index in [1.807, 2.05) is 21.1 Å². The monoisotopic (exact) mass is 418 g/mol. The number of aliphatic hydroxyl groups is 1. The summed E-state index contributed by atoms with van der Waals surface area (Å²) in [5.41, 5.74) is 0. The van der Waals surface area contributed by atoms with E-state index in [0.717, 1.165) is 19.3 Å². The maximum Gasteiger partial charge on any atom is 0.362 e. The number of allylic oxidation sites excluding steroid dienone is 4. The van der Waals surface area contributed by atoms with Gasteiger partial charge in [-0.05, 0) is 51.4 Å². The molecule has 0 rings (SSSR count). The average Bonchev–Trinajstić information content (AvgIpc) is 2.56. The molecule has 0 saturated carbocycles. The minimum absolute atomic E-state index is 0.0376. The molecular formula is C22H45NO4P+. The number of quaternary nitrogens is 1. The Morgan fingerprint density at radius 3 is 1.64 bits per heavy atom. The van der Waals surface area contributed by atoms with Gasteiger partial charge in [-0.2, -0.15) is 0 Å². The first-order valence-corrected chi connectivity index (χ1v) is 12.5. The highest BCUT2D eigenvalue weighted by Gasteiger charge is 2.48. The lowest BCUT2D eigenvalue weighted by Crippen LogP contribution is -2.49. The summed E-state index contributed by atoms with van der Waals surface area (Å²) in [4.78, 5) is 19.1. The molecule has 0 saturated heterocycles. The van der Waals surface area contributed by atoms with Crippen LogP contribution < -0.4 is 0 Å². The molecular weight excluding hydrogens is 373 g/mol. The standard InChI is InChI=1S/C22H44NO4P/c1-5-6-7-8-9-10-11-12-13-14-15-16-17-18-19-20-22(24,28(25,26)27)21-23(2,3)4/h6-7,16-17,24H,5,8-15,18-21H2,1-4H3,(H-,25,26,27)/p+1/b7-6-,17-16-. The van der Waals surface area contributed by atoms with Crippen molar-refractivity contribution in [2.75, 3.05) is 27.7 Å². The van der Waals surface area contributed by atoms with E-state index < -0.39 is 12.9 Å². The predicted molar refractivity (Wildman–Crippen MR) is 119 cm³/mol. The lowest BCUT2D eigenvalue weighted by molar-refractivity contribution is -0.875. The molecule has 166 valence electrons. The molecule has 0 aromatic heterocycles. The summed E-state index contributed by atoms with van der Waals surface area (Å²) in [6.07, 6.45) is 21.3. The van der Waals surface area contributed by atoms with E-state index in [0.29, 0.717) is 10.9 Å². The summed E-state index contributed by atoms with van der Waals surface area (Å²) in [5.74, 6) is 0. The van der Waals surface area contributed by atoms with Gasteiger partial charge in [-0.3, -0.25) is 4.57 Å². The summed E-state index contributed by atoms with van der Waals surface area (Å²) >= 11 is 0. The molecule has 0 aliphatic carbocycles. The molecule has 6 heteroatoms. The minimum Gasteiger partial charge on any atom is -0.373 e. The second-order valence-electron chi connectivity index (χ2n) is 8.92. The first kappa shape index (κ1) is 27.5. The van der Waals surface area contributed by atoms with Gasteiger partial charge in [0.2, 0.25) is 5.34 Å². The number of nitrogens with zero attached hydrogens (tertiary/aromatic N) is 1. The summed E-state index contributed by atoms with van der Waals surface area (Å²) < 4.78 is 12.0. The van der Waals surface area contributed by atoms with Crippen molar-refractivity contribution in [1.82, 2.24) is 0 Å². The zero-order valence-electron chi connectivity index (χ0n) is 18.6. The Hall–Kier alpha value is -0.450. The van der Waals surface area contributed by atoms with Crippen molar-refractivity contribution in [3.05, 3.63) is 24.3 Å². The van der Waals surface area contributed by atoms with Crippen LogP contribution in [0.3, 0.4) is 0 Å². The van der Waals surface area contributed by atoms with Crippen LogP contribution >= 0.6 is 7.60 Å². The third-order valence-corrected chi connectivity index (χ3v) is 6.23. The molecule has 0 radical (unpaired) electrons. The van der Waals surface area contributed by atoms with Gasteiger partial charge in [-0.25, -0.2) is 0 Å². The third-order valence-electron chi connectivity index (χ3n) is 4.78. The van der Waals surface area contributed by atoms with E-state index in [4.69, 9.17) is 0 Å². The zero-order chi connectivity index (χ0) is 21.5. The van der Waals surface area contributed by atoms with Gasteiger partial charge >= 0.3 is 7.60 Å². The van der Waals surface area contributed by atoms with E-state index in [1.165, 1.54) is 44.9 Å². The maximum absolute atomic E-state index is 11.7. The fraction of sp³-hybridized carbons (Fsp3) is 0.818. The highest BCUT2D eigenvalue weighted by atomic mass is 31.2. The molecule has 0 aromatic rings. The quantitative estimate of drug-likeness (QED) is 0.128. The molecule has 0 aliphatic heterocycles. The van der Waals surface area contributed by atoms with Crippen molar-refractivity contribution in [3.8, 4) is 0 Å². The molecule has 0 bridgehead atoms. The topological polar surface area (TPSA) is 77.8 Å². The largest absolute Gasteiger partial charge is 0.373 e. The fourth-order valence-electron chi connectivity index (χ4n) is 3.33. The highest BCUT2D eigenvalue weighted by molar-refractivity contribution is 7.53. The molecule has 0 fully saturated rings. The smallest absolute Gasteiger partial charge is 0.362 e. The van der Waals surface area contributed by atoms with Crippen molar-refractivity contribution in [1.29, 1.82) is 0 Å². The molecule has 0 spiro atoms. The second-order valence-corrected chi connectivity index (χ2v) is 10.8. The van der Waals surface area contributed by atoms with E-state index >= 15 is 0 Å². The first-order chi connectivity index (χ1) is 13.0. The van der Waals surface area contributed by atoms with E-state index in [-0.39, 0.29) is 13.0 Å². The van der Waals surface area contributed by atoms with Gasteiger partial charge in [0.25, 0.3) is 0 Å². The van der Waals surface area contributed by atoms with Gasteiger partial charge in [0.1, 0.15) is 6.54 Å². The van der Waals surface area contributed by atoms with Gasteiger partial charge in [-0.1, -0.05) is 56.9 Å². The third kappa shape index (κ3) is 14.5. The second kappa shape index (κ2) is 14.5. The molecule has 5 nitrogen and oxygen atoms in total. The van der Waals surface area contributed by atoms with Crippen LogP contribution in [0.25, 0.3) is 0 Å². The highest BCUT2D eigenvalue weighted by Crippen LogP contribution is 2.52. The number of likely N-dealkylation sites (N-methyl/N-ethyl adjacent to an activating group) is 1. The number of rotatable bonds is 17. The van der Waals surface area contributed by atoms with Crippen LogP contribution in [0.5, 0.6) is 0 Å². The van der Waals surface area contributed by atoms with Crippen LogP contribution in [0.15, 0.2) is 24.3 Å². The van der Waals surface area contributed by atoms with Crippen LogP contribution in [0, 0.1) is 0 Å². The van der Waals surface area contributed by atoms with E-state index in [2.05, 4.69) is 31.2 Å². The van der Waals surface area contributed by atoms with Gasteiger partial charge in [0, 0.05) is 0 Å². The van der Waals surface area contributed by atoms with Gasteiger partial charge in [0.05, 0.1) is 21.1 Å². The van der Waals surface area contributed by atoms with E-state index in [9.17, 15) is 19.5 Å². The SMILES string of the molecule is CC/C=C\CCCCCCCC/C=C\CCCC(O)(C[N+](C)(C)C)P(=O)(O)O. The summed E-state index contributed by atoms with van der Waals surface area (Å²) in [6.45, 7) is 2.20. The maximum atomic E-state index is 11.7. The first-order valence-electron chi connectivity index (χ1n) is 10.9. The summed E-state index contributed by atoms with van der Waals surface area (Å²) in [5, 5.41) is 8.54. The molecule has 1 atom stereocenters. The normalized spacial score (nSPS) is 15.5. The van der Waals surface area contributed by atoms with Gasteiger partial charge < -0.3 is 19.4 Å². The Balaban J connectivity index is 3.83. The van der Waals surface area contributed by atoms with Crippen LogP contribution in [-0.4, -0.2) is 52.4 Å².